The zero-order valence-electron chi connectivity index (χ0n) is 9.88. The quantitative estimate of drug-likeness (QED) is 0.734. The summed E-state index contributed by atoms with van der Waals surface area (Å²) in [5.74, 6) is 1.68. The Kier molecular flexibility index (Phi) is 4.13. The van der Waals surface area contributed by atoms with Gasteiger partial charge in [0.1, 0.15) is 11.6 Å². The Morgan fingerprint density at radius 1 is 1.27 bits per heavy atom. The Labute approximate surface area is 91.3 Å². The third-order valence-corrected chi connectivity index (χ3v) is 2.78. The maximum absolute atomic E-state index is 13.0. The highest BCUT2D eigenvalue weighted by molar-refractivity contribution is 5.28. The van der Waals surface area contributed by atoms with Gasteiger partial charge in [-0.1, -0.05) is 20.8 Å². The van der Waals surface area contributed by atoms with E-state index < -0.39 is 0 Å². The first-order valence-corrected chi connectivity index (χ1v) is 5.39. The van der Waals surface area contributed by atoms with Gasteiger partial charge in [-0.05, 0) is 42.5 Å². The fourth-order valence-corrected chi connectivity index (χ4v) is 1.13. The second kappa shape index (κ2) is 5.15. The largest absolute Gasteiger partial charge is 0.493 e. The van der Waals surface area contributed by atoms with Crippen LogP contribution in [0.15, 0.2) is 18.2 Å². The van der Waals surface area contributed by atoms with Gasteiger partial charge in [-0.3, -0.25) is 0 Å². The molecular weight excluding hydrogens is 191 g/mol. The molecule has 1 rings (SSSR count). The standard InChI is InChI=1S/C13H19FO/c1-9(2)11(4)8-15-12-5-6-13(14)10(3)7-12/h5-7,9,11H,8H2,1-4H3. The van der Waals surface area contributed by atoms with Crippen molar-refractivity contribution >= 4 is 0 Å². The van der Waals surface area contributed by atoms with E-state index in [9.17, 15) is 4.39 Å². The van der Waals surface area contributed by atoms with E-state index in [2.05, 4.69) is 20.8 Å². The maximum Gasteiger partial charge on any atom is 0.126 e. The Morgan fingerprint density at radius 2 is 1.93 bits per heavy atom. The monoisotopic (exact) mass is 210 g/mol. The van der Waals surface area contributed by atoms with Crippen LogP contribution in [0.25, 0.3) is 0 Å². The van der Waals surface area contributed by atoms with Crippen molar-refractivity contribution in [3.8, 4) is 5.75 Å². The Bertz CT molecular complexity index is 320. The molecule has 0 N–H and O–H groups in total. The number of ether oxygens (including phenoxy) is 1. The SMILES string of the molecule is Cc1cc(OCC(C)C(C)C)ccc1F. The number of hydrogen-bond acceptors (Lipinski definition) is 1. The molecule has 15 heavy (non-hydrogen) atoms. The highest BCUT2D eigenvalue weighted by atomic mass is 19.1. The molecule has 0 fully saturated rings. The number of rotatable bonds is 4. The molecule has 1 nitrogen and oxygen atoms in total. The first-order valence-electron chi connectivity index (χ1n) is 5.39. The Balaban J connectivity index is 2.55. The Morgan fingerprint density at radius 3 is 2.47 bits per heavy atom. The molecule has 0 aromatic heterocycles. The van der Waals surface area contributed by atoms with Crippen LogP contribution in [0.3, 0.4) is 0 Å². The molecule has 0 bridgehead atoms. The maximum atomic E-state index is 13.0. The third kappa shape index (κ3) is 3.54. The average Bonchev–Trinajstić information content (AvgIpc) is 2.19. The number of benzene rings is 1. The molecule has 1 unspecified atom stereocenters. The van der Waals surface area contributed by atoms with Crippen molar-refractivity contribution in [1.29, 1.82) is 0 Å². The zero-order chi connectivity index (χ0) is 11.4. The zero-order valence-corrected chi connectivity index (χ0v) is 9.88. The topological polar surface area (TPSA) is 9.23 Å². The molecule has 0 aliphatic heterocycles. The van der Waals surface area contributed by atoms with Gasteiger partial charge in [0.15, 0.2) is 0 Å². The second-order valence-electron chi connectivity index (χ2n) is 4.44. The Hall–Kier alpha value is -1.05. The smallest absolute Gasteiger partial charge is 0.126 e. The molecule has 1 atom stereocenters. The molecule has 1 aromatic rings. The second-order valence-corrected chi connectivity index (χ2v) is 4.44. The minimum atomic E-state index is -0.181. The van der Waals surface area contributed by atoms with Crippen LogP contribution in [0, 0.1) is 24.6 Å². The van der Waals surface area contributed by atoms with Crippen molar-refractivity contribution in [2.75, 3.05) is 6.61 Å². The molecule has 0 aliphatic carbocycles. The van der Waals surface area contributed by atoms with Gasteiger partial charge in [0.2, 0.25) is 0 Å². The van der Waals surface area contributed by atoms with Crippen LogP contribution in [0.1, 0.15) is 26.3 Å². The first-order chi connectivity index (χ1) is 7.00. The average molecular weight is 210 g/mol. The summed E-state index contributed by atoms with van der Waals surface area (Å²) >= 11 is 0. The van der Waals surface area contributed by atoms with Gasteiger partial charge in [0.25, 0.3) is 0 Å². The van der Waals surface area contributed by atoms with Crippen molar-refractivity contribution < 1.29 is 9.13 Å². The summed E-state index contributed by atoms with van der Waals surface area (Å²) in [6.07, 6.45) is 0. The lowest BCUT2D eigenvalue weighted by Gasteiger charge is -2.16. The normalized spacial score (nSPS) is 12.9. The van der Waals surface area contributed by atoms with Gasteiger partial charge in [0.05, 0.1) is 6.61 Å². The lowest BCUT2D eigenvalue weighted by Crippen LogP contribution is -2.14. The molecule has 0 saturated carbocycles. The fourth-order valence-electron chi connectivity index (χ4n) is 1.13. The van der Waals surface area contributed by atoms with E-state index >= 15 is 0 Å². The molecule has 1 aromatic carbocycles. The van der Waals surface area contributed by atoms with Gasteiger partial charge in [-0.15, -0.1) is 0 Å². The summed E-state index contributed by atoms with van der Waals surface area (Å²) in [7, 11) is 0. The number of halogens is 1. The van der Waals surface area contributed by atoms with Crippen LogP contribution >= 0.6 is 0 Å². The van der Waals surface area contributed by atoms with E-state index in [1.807, 2.05) is 0 Å². The summed E-state index contributed by atoms with van der Waals surface area (Å²) in [6, 6.07) is 4.86. The van der Waals surface area contributed by atoms with Crippen LogP contribution in [-0.4, -0.2) is 6.61 Å². The summed E-state index contributed by atoms with van der Waals surface area (Å²) in [6.45, 7) is 8.92. The molecule has 0 heterocycles. The van der Waals surface area contributed by atoms with Crippen LogP contribution < -0.4 is 4.74 Å². The van der Waals surface area contributed by atoms with Crippen LogP contribution in [0.4, 0.5) is 4.39 Å². The van der Waals surface area contributed by atoms with Crippen molar-refractivity contribution in [3.05, 3.63) is 29.6 Å². The summed E-state index contributed by atoms with van der Waals surface area (Å²) in [5.41, 5.74) is 0.629. The van der Waals surface area contributed by atoms with E-state index in [1.165, 1.54) is 6.07 Å². The molecule has 2 heteroatoms. The lowest BCUT2D eigenvalue weighted by molar-refractivity contribution is 0.223. The molecule has 0 radical (unpaired) electrons. The highest BCUT2D eigenvalue weighted by Crippen LogP contribution is 2.18. The van der Waals surface area contributed by atoms with Crippen LogP contribution in [0.5, 0.6) is 5.75 Å². The van der Waals surface area contributed by atoms with E-state index in [0.29, 0.717) is 24.0 Å². The van der Waals surface area contributed by atoms with E-state index in [0.717, 1.165) is 5.75 Å². The van der Waals surface area contributed by atoms with Crippen molar-refractivity contribution in [2.45, 2.75) is 27.7 Å². The minimum Gasteiger partial charge on any atom is -0.493 e. The number of hydrogen-bond donors (Lipinski definition) is 0. The van der Waals surface area contributed by atoms with E-state index in [-0.39, 0.29) is 5.82 Å². The van der Waals surface area contributed by atoms with Gasteiger partial charge in [-0.25, -0.2) is 4.39 Å². The molecule has 84 valence electrons. The predicted molar refractivity (Wildman–Crippen MR) is 60.6 cm³/mol. The number of aryl methyl sites for hydroxylation is 1. The van der Waals surface area contributed by atoms with Gasteiger partial charge in [-0.2, -0.15) is 0 Å². The fraction of sp³-hybridized carbons (Fsp3) is 0.538. The third-order valence-electron chi connectivity index (χ3n) is 2.78. The predicted octanol–water partition coefficient (Wildman–Crippen LogP) is 3.81. The molecule has 0 aliphatic rings. The van der Waals surface area contributed by atoms with E-state index in [1.54, 1.807) is 19.1 Å². The molecule has 0 amide bonds. The van der Waals surface area contributed by atoms with Crippen LogP contribution in [-0.2, 0) is 0 Å². The molecule has 0 saturated heterocycles. The summed E-state index contributed by atoms with van der Waals surface area (Å²) < 4.78 is 18.6. The van der Waals surface area contributed by atoms with Gasteiger partial charge >= 0.3 is 0 Å². The first kappa shape index (κ1) is 12.0. The van der Waals surface area contributed by atoms with E-state index in [4.69, 9.17) is 4.74 Å². The van der Waals surface area contributed by atoms with Crippen molar-refractivity contribution in [3.63, 3.8) is 0 Å². The van der Waals surface area contributed by atoms with Crippen molar-refractivity contribution in [2.24, 2.45) is 11.8 Å². The molecule has 0 spiro atoms. The van der Waals surface area contributed by atoms with Gasteiger partial charge in [0, 0.05) is 0 Å². The van der Waals surface area contributed by atoms with Crippen LogP contribution in [0.2, 0.25) is 0 Å². The minimum absolute atomic E-state index is 0.181. The molecular formula is C13H19FO. The van der Waals surface area contributed by atoms with Crippen molar-refractivity contribution in [1.82, 2.24) is 0 Å². The lowest BCUT2D eigenvalue weighted by atomic mass is 9.99. The highest BCUT2D eigenvalue weighted by Gasteiger charge is 2.08. The van der Waals surface area contributed by atoms with Gasteiger partial charge < -0.3 is 4.74 Å². The summed E-state index contributed by atoms with van der Waals surface area (Å²) in [5, 5.41) is 0. The summed E-state index contributed by atoms with van der Waals surface area (Å²) in [4.78, 5) is 0.